The van der Waals surface area contributed by atoms with Crippen LogP contribution in [0.5, 0.6) is 0 Å². The lowest BCUT2D eigenvalue weighted by atomic mass is 9.78. The summed E-state index contributed by atoms with van der Waals surface area (Å²) in [5, 5.41) is 8.98. The second kappa shape index (κ2) is 6.34. The Hall–Kier alpha value is -1.10. The summed E-state index contributed by atoms with van der Waals surface area (Å²) in [6.07, 6.45) is 5.48. The number of rotatable bonds is 6. The number of nitrogens with zero attached hydrogens (tertiary/aromatic N) is 1. The van der Waals surface area contributed by atoms with Crippen molar-refractivity contribution in [1.82, 2.24) is 4.90 Å². The molecule has 2 unspecified atom stereocenters. The van der Waals surface area contributed by atoms with Gasteiger partial charge in [0.1, 0.15) is 0 Å². The van der Waals surface area contributed by atoms with Gasteiger partial charge in [0.15, 0.2) is 0 Å². The standard InChI is InChI=1S/C16H28N2O3/c1-3-16(4-2,10-17)15(21)18-12-5-6-13(18)8-11(7-12)9-14(19)20/h11-13H,3-10,17H2,1-2H3,(H,19,20). The predicted molar refractivity (Wildman–Crippen MR) is 80.7 cm³/mol. The van der Waals surface area contributed by atoms with Gasteiger partial charge in [0.2, 0.25) is 5.91 Å². The third-order valence-electron chi connectivity index (χ3n) is 5.73. The first-order valence-corrected chi connectivity index (χ1v) is 8.22. The van der Waals surface area contributed by atoms with Gasteiger partial charge in [0, 0.05) is 25.0 Å². The van der Waals surface area contributed by atoms with E-state index in [4.69, 9.17) is 10.8 Å². The van der Waals surface area contributed by atoms with Crippen LogP contribution in [0.25, 0.3) is 0 Å². The van der Waals surface area contributed by atoms with Crippen molar-refractivity contribution < 1.29 is 14.7 Å². The number of piperidine rings is 1. The van der Waals surface area contributed by atoms with Gasteiger partial charge in [-0.25, -0.2) is 0 Å². The number of carbonyl (C=O) groups is 2. The van der Waals surface area contributed by atoms with Crippen LogP contribution in [0.3, 0.4) is 0 Å². The Morgan fingerprint density at radius 2 is 1.71 bits per heavy atom. The number of aliphatic carboxylic acids is 1. The van der Waals surface area contributed by atoms with E-state index in [1.165, 1.54) is 0 Å². The van der Waals surface area contributed by atoms with Crippen molar-refractivity contribution in [2.45, 2.75) is 70.9 Å². The number of nitrogens with two attached hydrogens (primary N) is 1. The van der Waals surface area contributed by atoms with E-state index in [0.717, 1.165) is 38.5 Å². The van der Waals surface area contributed by atoms with E-state index in [9.17, 15) is 9.59 Å². The van der Waals surface area contributed by atoms with Crippen molar-refractivity contribution in [1.29, 1.82) is 0 Å². The summed E-state index contributed by atoms with van der Waals surface area (Å²) < 4.78 is 0. The molecular formula is C16H28N2O3. The molecule has 2 fully saturated rings. The van der Waals surface area contributed by atoms with Crippen molar-refractivity contribution in [2.24, 2.45) is 17.1 Å². The minimum Gasteiger partial charge on any atom is -0.481 e. The highest BCUT2D eigenvalue weighted by Gasteiger charge is 2.48. The molecular weight excluding hydrogens is 268 g/mol. The van der Waals surface area contributed by atoms with Gasteiger partial charge >= 0.3 is 5.97 Å². The van der Waals surface area contributed by atoms with Gasteiger partial charge in [0.05, 0.1) is 5.41 Å². The highest BCUT2D eigenvalue weighted by atomic mass is 16.4. The van der Waals surface area contributed by atoms with Gasteiger partial charge in [-0.3, -0.25) is 9.59 Å². The maximum Gasteiger partial charge on any atom is 0.303 e. The molecule has 2 rings (SSSR count). The monoisotopic (exact) mass is 296 g/mol. The van der Waals surface area contributed by atoms with Crippen LogP contribution in [0.2, 0.25) is 0 Å². The molecule has 0 radical (unpaired) electrons. The zero-order valence-corrected chi connectivity index (χ0v) is 13.2. The average molecular weight is 296 g/mol. The zero-order valence-electron chi connectivity index (χ0n) is 13.2. The Labute approximate surface area is 126 Å². The van der Waals surface area contributed by atoms with Crippen LogP contribution in [-0.2, 0) is 9.59 Å². The SMILES string of the molecule is CCC(CC)(CN)C(=O)N1C2CCC1CC(CC(=O)O)C2. The first-order chi connectivity index (χ1) is 9.97. The zero-order chi connectivity index (χ0) is 15.6. The Bertz CT molecular complexity index is 384. The van der Waals surface area contributed by atoms with Gasteiger partial charge in [-0.15, -0.1) is 0 Å². The Morgan fingerprint density at radius 1 is 1.19 bits per heavy atom. The highest BCUT2D eigenvalue weighted by Crippen LogP contribution is 2.43. The topological polar surface area (TPSA) is 83.6 Å². The molecule has 2 atom stereocenters. The Balaban J connectivity index is 2.12. The summed E-state index contributed by atoms with van der Waals surface area (Å²) in [6, 6.07) is 0.453. The maximum atomic E-state index is 13.0. The van der Waals surface area contributed by atoms with Gasteiger partial charge in [-0.05, 0) is 44.4 Å². The Morgan fingerprint density at radius 3 is 2.10 bits per heavy atom. The van der Waals surface area contributed by atoms with E-state index in [1.54, 1.807) is 0 Å². The van der Waals surface area contributed by atoms with Crippen LogP contribution >= 0.6 is 0 Å². The van der Waals surface area contributed by atoms with Crippen LogP contribution in [0.15, 0.2) is 0 Å². The van der Waals surface area contributed by atoms with E-state index in [0.29, 0.717) is 6.54 Å². The summed E-state index contributed by atoms with van der Waals surface area (Å²) in [5.41, 5.74) is 5.49. The Kier molecular flexibility index (Phi) is 4.91. The minimum atomic E-state index is -0.724. The molecule has 1 amide bonds. The van der Waals surface area contributed by atoms with Gasteiger partial charge in [-0.1, -0.05) is 13.8 Å². The molecule has 5 nitrogen and oxygen atoms in total. The molecule has 2 aliphatic heterocycles. The molecule has 21 heavy (non-hydrogen) atoms. The first kappa shape index (κ1) is 16.3. The average Bonchev–Trinajstić information content (AvgIpc) is 2.72. The third kappa shape index (κ3) is 2.93. The maximum absolute atomic E-state index is 13.0. The molecule has 0 saturated carbocycles. The summed E-state index contributed by atoms with van der Waals surface area (Å²) in [4.78, 5) is 26.0. The van der Waals surface area contributed by atoms with E-state index in [-0.39, 0.29) is 30.3 Å². The predicted octanol–water partition coefficient (Wildman–Crippen LogP) is 2.00. The molecule has 5 heteroatoms. The normalized spacial score (nSPS) is 28.7. The van der Waals surface area contributed by atoms with E-state index < -0.39 is 11.4 Å². The number of carbonyl (C=O) groups excluding carboxylic acids is 1. The number of carboxylic acid groups (broad SMARTS) is 1. The third-order valence-corrected chi connectivity index (χ3v) is 5.73. The first-order valence-electron chi connectivity index (χ1n) is 8.22. The number of fused-ring (bicyclic) bond motifs is 2. The van der Waals surface area contributed by atoms with Crippen LogP contribution < -0.4 is 5.73 Å². The molecule has 2 heterocycles. The van der Waals surface area contributed by atoms with E-state index in [2.05, 4.69) is 4.90 Å². The van der Waals surface area contributed by atoms with Crippen molar-refractivity contribution in [3.63, 3.8) is 0 Å². The van der Waals surface area contributed by atoms with Gasteiger partial charge in [-0.2, -0.15) is 0 Å². The van der Waals surface area contributed by atoms with Crippen molar-refractivity contribution in [2.75, 3.05) is 6.54 Å². The molecule has 2 saturated heterocycles. The molecule has 3 N–H and O–H groups in total. The van der Waals surface area contributed by atoms with Crippen molar-refractivity contribution in [3.05, 3.63) is 0 Å². The van der Waals surface area contributed by atoms with Crippen molar-refractivity contribution in [3.8, 4) is 0 Å². The van der Waals surface area contributed by atoms with Crippen LogP contribution in [-0.4, -0.2) is 40.5 Å². The van der Waals surface area contributed by atoms with Crippen molar-refractivity contribution >= 4 is 11.9 Å². The fourth-order valence-electron chi connectivity index (χ4n) is 4.24. The lowest BCUT2D eigenvalue weighted by Crippen LogP contribution is -2.54. The molecule has 0 aliphatic carbocycles. The molecule has 2 aliphatic rings. The van der Waals surface area contributed by atoms with Gasteiger partial charge in [0.25, 0.3) is 0 Å². The molecule has 0 aromatic carbocycles. The van der Waals surface area contributed by atoms with Crippen LogP contribution in [0.4, 0.5) is 0 Å². The van der Waals surface area contributed by atoms with E-state index >= 15 is 0 Å². The fraction of sp³-hybridized carbons (Fsp3) is 0.875. The minimum absolute atomic E-state index is 0.205. The second-order valence-corrected chi connectivity index (χ2v) is 6.72. The molecule has 0 spiro atoms. The summed E-state index contributed by atoms with van der Waals surface area (Å²) in [5.74, 6) is -0.298. The number of hydrogen-bond donors (Lipinski definition) is 2. The number of hydrogen-bond acceptors (Lipinski definition) is 3. The van der Waals surface area contributed by atoms with E-state index in [1.807, 2.05) is 13.8 Å². The lowest BCUT2D eigenvalue weighted by molar-refractivity contribution is -0.148. The molecule has 0 aromatic heterocycles. The molecule has 2 bridgehead atoms. The summed E-state index contributed by atoms with van der Waals surface area (Å²) in [6.45, 7) is 4.47. The molecule has 0 aromatic rings. The smallest absolute Gasteiger partial charge is 0.303 e. The second-order valence-electron chi connectivity index (χ2n) is 6.72. The summed E-state index contributed by atoms with van der Waals surface area (Å²) in [7, 11) is 0. The van der Waals surface area contributed by atoms with Crippen LogP contribution in [0.1, 0.15) is 58.8 Å². The van der Waals surface area contributed by atoms with Crippen LogP contribution in [0, 0.1) is 11.3 Å². The highest BCUT2D eigenvalue weighted by molar-refractivity contribution is 5.84. The number of amides is 1. The lowest BCUT2D eigenvalue weighted by Gasteiger charge is -2.43. The fourth-order valence-corrected chi connectivity index (χ4v) is 4.24. The summed E-state index contributed by atoms with van der Waals surface area (Å²) >= 11 is 0. The quantitative estimate of drug-likeness (QED) is 0.785. The number of carboxylic acids is 1. The van der Waals surface area contributed by atoms with Gasteiger partial charge < -0.3 is 15.7 Å². The largest absolute Gasteiger partial charge is 0.481 e. The molecule has 120 valence electrons.